The molecule has 1 N–H and O–H groups in total. The van der Waals surface area contributed by atoms with Crippen LogP contribution in [-0.2, 0) is 9.59 Å². The summed E-state index contributed by atoms with van der Waals surface area (Å²) in [5.41, 5.74) is 0.897. The minimum absolute atomic E-state index is 0.0555. The third-order valence-corrected chi connectivity index (χ3v) is 5.06. The number of hydrogen-bond acceptors (Lipinski definition) is 3. The Kier molecular flexibility index (Phi) is 5.70. The first kappa shape index (κ1) is 16.4. The van der Waals surface area contributed by atoms with Gasteiger partial charge in [-0.05, 0) is 42.2 Å². The summed E-state index contributed by atoms with van der Waals surface area (Å²) in [6, 6.07) is 7.72. The molecule has 21 heavy (non-hydrogen) atoms. The summed E-state index contributed by atoms with van der Waals surface area (Å²) in [5.74, 6) is 0.868. The van der Waals surface area contributed by atoms with E-state index >= 15 is 0 Å². The molecule has 0 aromatic heterocycles. The molecular weight excluding hydrogens is 352 g/mol. The maximum Gasteiger partial charge on any atom is 0.231 e. The van der Waals surface area contributed by atoms with E-state index in [0.29, 0.717) is 6.54 Å². The van der Waals surface area contributed by atoms with Crippen LogP contribution in [-0.4, -0.2) is 37.4 Å². The smallest absolute Gasteiger partial charge is 0.231 e. The van der Waals surface area contributed by atoms with Crippen molar-refractivity contribution in [3.8, 4) is 0 Å². The van der Waals surface area contributed by atoms with E-state index in [-0.39, 0.29) is 30.1 Å². The molecule has 2 rings (SSSR count). The van der Waals surface area contributed by atoms with Crippen LogP contribution in [0.4, 0.5) is 5.69 Å². The van der Waals surface area contributed by atoms with Crippen molar-refractivity contribution in [2.24, 2.45) is 11.8 Å². The summed E-state index contributed by atoms with van der Waals surface area (Å²) in [6.45, 7) is 0.683. The summed E-state index contributed by atoms with van der Waals surface area (Å²) in [6.07, 6.45) is 2.30. The highest BCUT2D eigenvalue weighted by Gasteiger charge is 2.41. The van der Waals surface area contributed by atoms with Crippen molar-refractivity contribution < 1.29 is 9.59 Å². The second kappa shape index (κ2) is 7.31. The van der Waals surface area contributed by atoms with Crippen molar-refractivity contribution in [2.45, 2.75) is 6.42 Å². The average Bonchev–Trinajstić information content (AvgIpc) is 2.77. The van der Waals surface area contributed by atoms with Crippen LogP contribution in [0.1, 0.15) is 6.42 Å². The van der Waals surface area contributed by atoms with Gasteiger partial charge in [-0.1, -0.05) is 15.9 Å². The number of carbonyl (C=O) groups excluding carboxylic acids is 2. The highest BCUT2D eigenvalue weighted by Crippen LogP contribution is 2.33. The number of rotatable bonds is 5. The fraction of sp³-hybridized carbons (Fsp3) is 0.467. The van der Waals surface area contributed by atoms with Gasteiger partial charge in [0.1, 0.15) is 0 Å². The van der Waals surface area contributed by atoms with Gasteiger partial charge in [0.05, 0.1) is 5.92 Å². The lowest BCUT2D eigenvalue weighted by atomic mass is 9.93. The van der Waals surface area contributed by atoms with Crippen LogP contribution in [0.3, 0.4) is 0 Å². The van der Waals surface area contributed by atoms with Crippen LogP contribution in [0.15, 0.2) is 28.7 Å². The van der Waals surface area contributed by atoms with Gasteiger partial charge in [-0.2, -0.15) is 11.8 Å². The molecule has 1 fully saturated rings. The van der Waals surface area contributed by atoms with E-state index in [1.807, 2.05) is 30.5 Å². The Morgan fingerprint density at radius 1 is 1.43 bits per heavy atom. The van der Waals surface area contributed by atoms with E-state index in [4.69, 9.17) is 0 Å². The summed E-state index contributed by atoms with van der Waals surface area (Å²) in [4.78, 5) is 26.1. The minimum atomic E-state index is -0.221. The Morgan fingerprint density at radius 3 is 2.67 bits per heavy atom. The number of nitrogens with one attached hydrogen (secondary N) is 1. The zero-order valence-corrected chi connectivity index (χ0v) is 14.5. The topological polar surface area (TPSA) is 49.4 Å². The van der Waals surface area contributed by atoms with Crippen molar-refractivity contribution in [1.82, 2.24) is 5.32 Å². The van der Waals surface area contributed by atoms with Crippen LogP contribution in [0.25, 0.3) is 0 Å². The van der Waals surface area contributed by atoms with Gasteiger partial charge >= 0.3 is 0 Å². The first-order chi connectivity index (χ1) is 10.1. The fourth-order valence-corrected chi connectivity index (χ4v) is 3.68. The predicted molar refractivity (Wildman–Crippen MR) is 90.5 cm³/mol. The zero-order valence-electron chi connectivity index (χ0n) is 12.1. The van der Waals surface area contributed by atoms with Gasteiger partial charge in [0.2, 0.25) is 11.8 Å². The quantitative estimate of drug-likeness (QED) is 0.866. The Balaban J connectivity index is 2.19. The first-order valence-electron chi connectivity index (χ1n) is 6.83. The maximum absolute atomic E-state index is 12.7. The molecule has 0 spiro atoms. The van der Waals surface area contributed by atoms with Crippen LogP contribution >= 0.6 is 27.7 Å². The standard InChI is InChI=1S/C15H19BrN2O2S/c1-17-14(19)7-13-10(9-21-2)8-18(15(13)20)12-5-3-11(16)4-6-12/h3-6,10,13H,7-9H2,1-2H3,(H,17,19)/t10-,13-/m1/s1. The second-order valence-electron chi connectivity index (χ2n) is 5.12. The minimum Gasteiger partial charge on any atom is -0.359 e. The van der Waals surface area contributed by atoms with Gasteiger partial charge in [-0.25, -0.2) is 0 Å². The SMILES string of the molecule is CNC(=O)C[C@H]1C(=O)N(c2ccc(Br)cc2)C[C@@H]1CSC. The summed E-state index contributed by atoms with van der Waals surface area (Å²) in [7, 11) is 1.61. The van der Waals surface area contributed by atoms with Crippen molar-refractivity contribution in [3.63, 3.8) is 0 Å². The first-order valence-corrected chi connectivity index (χ1v) is 9.02. The number of halogens is 1. The molecule has 1 aromatic carbocycles. The monoisotopic (exact) mass is 370 g/mol. The maximum atomic E-state index is 12.7. The number of carbonyl (C=O) groups is 2. The van der Waals surface area contributed by atoms with E-state index in [9.17, 15) is 9.59 Å². The van der Waals surface area contributed by atoms with Crippen LogP contribution in [0, 0.1) is 11.8 Å². The van der Waals surface area contributed by atoms with Gasteiger partial charge in [0.15, 0.2) is 0 Å². The summed E-state index contributed by atoms with van der Waals surface area (Å²) >= 11 is 5.12. The van der Waals surface area contributed by atoms with E-state index in [0.717, 1.165) is 15.9 Å². The highest BCUT2D eigenvalue weighted by molar-refractivity contribution is 9.10. The summed E-state index contributed by atoms with van der Waals surface area (Å²) in [5, 5.41) is 2.61. The fourth-order valence-electron chi connectivity index (χ4n) is 2.65. The molecule has 2 atom stereocenters. The molecule has 1 heterocycles. The highest BCUT2D eigenvalue weighted by atomic mass is 79.9. The average molecular weight is 371 g/mol. The number of nitrogens with zero attached hydrogens (tertiary/aromatic N) is 1. The summed E-state index contributed by atoms with van der Waals surface area (Å²) < 4.78 is 0.987. The number of hydrogen-bond donors (Lipinski definition) is 1. The second-order valence-corrected chi connectivity index (χ2v) is 6.95. The molecule has 4 nitrogen and oxygen atoms in total. The molecule has 0 unspecified atom stereocenters. The largest absolute Gasteiger partial charge is 0.359 e. The van der Waals surface area contributed by atoms with E-state index < -0.39 is 0 Å². The number of thioether (sulfide) groups is 1. The molecule has 0 radical (unpaired) electrons. The molecule has 0 aliphatic carbocycles. The molecule has 1 aromatic rings. The van der Waals surface area contributed by atoms with Crippen molar-refractivity contribution in [1.29, 1.82) is 0 Å². The Hall–Kier alpha value is -1.01. The zero-order chi connectivity index (χ0) is 15.4. The molecule has 0 saturated carbocycles. The normalized spacial score (nSPS) is 21.7. The molecule has 0 bridgehead atoms. The third-order valence-electron chi connectivity index (χ3n) is 3.77. The van der Waals surface area contributed by atoms with E-state index in [1.165, 1.54) is 0 Å². The van der Waals surface area contributed by atoms with Gasteiger partial charge < -0.3 is 10.2 Å². The van der Waals surface area contributed by atoms with Crippen molar-refractivity contribution in [2.75, 3.05) is 30.5 Å². The third kappa shape index (κ3) is 3.80. The van der Waals surface area contributed by atoms with Crippen LogP contribution in [0.5, 0.6) is 0 Å². The number of anilines is 1. The lowest BCUT2D eigenvalue weighted by Crippen LogP contribution is -2.30. The Bertz CT molecular complexity index is 521. The Morgan fingerprint density at radius 2 is 2.10 bits per heavy atom. The van der Waals surface area contributed by atoms with Gasteiger partial charge in [-0.15, -0.1) is 0 Å². The van der Waals surface area contributed by atoms with E-state index in [2.05, 4.69) is 21.2 Å². The van der Waals surface area contributed by atoms with Gasteiger partial charge in [-0.3, -0.25) is 9.59 Å². The molecular formula is C15H19BrN2O2S. The molecule has 114 valence electrons. The van der Waals surface area contributed by atoms with Crippen LogP contribution in [0.2, 0.25) is 0 Å². The molecule has 2 amide bonds. The Labute approximate surface area is 137 Å². The lowest BCUT2D eigenvalue weighted by molar-refractivity contribution is -0.127. The molecule has 6 heteroatoms. The number of amides is 2. The van der Waals surface area contributed by atoms with Crippen molar-refractivity contribution in [3.05, 3.63) is 28.7 Å². The van der Waals surface area contributed by atoms with Gasteiger partial charge in [0, 0.05) is 30.2 Å². The lowest BCUT2D eigenvalue weighted by Gasteiger charge is -2.16. The van der Waals surface area contributed by atoms with Crippen molar-refractivity contribution >= 4 is 45.2 Å². The predicted octanol–water partition coefficient (Wildman–Crippen LogP) is 2.53. The molecule has 1 saturated heterocycles. The molecule has 1 aliphatic rings. The molecule has 1 aliphatic heterocycles. The number of benzene rings is 1. The van der Waals surface area contributed by atoms with Gasteiger partial charge in [0.25, 0.3) is 0 Å². The van der Waals surface area contributed by atoms with Crippen LogP contribution < -0.4 is 10.2 Å². The van der Waals surface area contributed by atoms with E-state index in [1.54, 1.807) is 23.7 Å².